The number of anilines is 1. The van der Waals surface area contributed by atoms with Crippen LogP contribution in [0.5, 0.6) is 0 Å². The predicted octanol–water partition coefficient (Wildman–Crippen LogP) is 2.67. The number of benzene rings is 1. The molecule has 96 valence electrons. The lowest BCUT2D eigenvalue weighted by atomic mass is 9.81. The molecule has 0 unspecified atom stereocenters. The number of nitrogens with zero attached hydrogens (tertiary/aromatic N) is 1. The fraction of sp³-hybridized carbons (Fsp3) is 0.533. The summed E-state index contributed by atoms with van der Waals surface area (Å²) in [6.45, 7) is 7.50. The van der Waals surface area contributed by atoms with Crippen molar-refractivity contribution < 1.29 is 0 Å². The standard InChI is InChI=1S/C15H21N3/c1-12-3-4-13(10-16)14(9-12)18-11-15(2)5-7-17-8-6-15/h3-4,9,17-18H,5-8,11H2,1-2H3. The second-order valence-electron chi connectivity index (χ2n) is 5.58. The van der Waals surface area contributed by atoms with E-state index in [0.29, 0.717) is 5.41 Å². The minimum absolute atomic E-state index is 0.335. The van der Waals surface area contributed by atoms with Gasteiger partial charge in [0.2, 0.25) is 0 Å². The Hall–Kier alpha value is -1.53. The van der Waals surface area contributed by atoms with Crippen molar-refractivity contribution in [3.05, 3.63) is 29.3 Å². The fourth-order valence-electron chi connectivity index (χ4n) is 2.42. The molecule has 0 radical (unpaired) electrons. The molecule has 3 nitrogen and oxygen atoms in total. The molecule has 0 atom stereocenters. The SMILES string of the molecule is Cc1ccc(C#N)c(NCC2(C)CCNCC2)c1. The molecule has 0 aromatic heterocycles. The molecule has 2 rings (SSSR count). The zero-order valence-corrected chi connectivity index (χ0v) is 11.2. The summed E-state index contributed by atoms with van der Waals surface area (Å²) in [6.07, 6.45) is 2.38. The number of piperidine rings is 1. The molecule has 1 aromatic carbocycles. The van der Waals surface area contributed by atoms with E-state index in [1.165, 1.54) is 18.4 Å². The van der Waals surface area contributed by atoms with Crippen molar-refractivity contribution in [3.63, 3.8) is 0 Å². The molecule has 2 N–H and O–H groups in total. The van der Waals surface area contributed by atoms with Gasteiger partial charge in [0, 0.05) is 6.54 Å². The minimum Gasteiger partial charge on any atom is -0.383 e. The molecular formula is C15H21N3. The largest absolute Gasteiger partial charge is 0.383 e. The predicted molar refractivity (Wildman–Crippen MR) is 74.6 cm³/mol. The molecule has 3 heteroatoms. The Morgan fingerprint density at radius 3 is 2.78 bits per heavy atom. The van der Waals surface area contributed by atoms with Gasteiger partial charge in [-0.2, -0.15) is 5.26 Å². The van der Waals surface area contributed by atoms with Gasteiger partial charge in [0.05, 0.1) is 11.3 Å². The number of nitriles is 1. The molecule has 1 heterocycles. The van der Waals surface area contributed by atoms with Crippen molar-refractivity contribution in [2.24, 2.45) is 5.41 Å². The van der Waals surface area contributed by atoms with Crippen LogP contribution in [0.3, 0.4) is 0 Å². The summed E-state index contributed by atoms with van der Waals surface area (Å²) in [4.78, 5) is 0. The van der Waals surface area contributed by atoms with E-state index in [1.54, 1.807) is 0 Å². The molecule has 1 aromatic rings. The quantitative estimate of drug-likeness (QED) is 0.858. The maximum absolute atomic E-state index is 9.11. The highest BCUT2D eigenvalue weighted by atomic mass is 14.9. The molecule has 1 saturated heterocycles. The van der Waals surface area contributed by atoms with Crippen LogP contribution in [0.25, 0.3) is 0 Å². The van der Waals surface area contributed by atoms with Gasteiger partial charge in [-0.3, -0.25) is 0 Å². The summed E-state index contributed by atoms with van der Waals surface area (Å²) in [5.74, 6) is 0. The van der Waals surface area contributed by atoms with Gasteiger partial charge >= 0.3 is 0 Å². The third kappa shape index (κ3) is 3.02. The lowest BCUT2D eigenvalue weighted by Crippen LogP contribution is -2.39. The maximum Gasteiger partial charge on any atom is 0.101 e. The van der Waals surface area contributed by atoms with Crippen molar-refractivity contribution in [2.45, 2.75) is 26.7 Å². The lowest BCUT2D eigenvalue weighted by Gasteiger charge is -2.34. The van der Waals surface area contributed by atoms with Crippen LogP contribution in [0.4, 0.5) is 5.69 Å². The van der Waals surface area contributed by atoms with Gasteiger partial charge < -0.3 is 10.6 Å². The fourth-order valence-corrected chi connectivity index (χ4v) is 2.42. The lowest BCUT2D eigenvalue weighted by molar-refractivity contribution is 0.247. The first kappa shape index (κ1) is 12.9. The van der Waals surface area contributed by atoms with E-state index in [4.69, 9.17) is 5.26 Å². The summed E-state index contributed by atoms with van der Waals surface area (Å²) in [5.41, 5.74) is 3.23. The third-order valence-electron chi connectivity index (χ3n) is 3.81. The van der Waals surface area contributed by atoms with Crippen LogP contribution in [0, 0.1) is 23.7 Å². The van der Waals surface area contributed by atoms with E-state index in [-0.39, 0.29) is 0 Å². The first-order valence-electron chi connectivity index (χ1n) is 6.58. The Balaban J connectivity index is 2.05. The van der Waals surface area contributed by atoms with Crippen molar-refractivity contribution in [3.8, 4) is 6.07 Å². The minimum atomic E-state index is 0.335. The molecule has 0 amide bonds. The summed E-state index contributed by atoms with van der Waals surface area (Å²) in [5, 5.41) is 16.0. The molecule has 0 bridgehead atoms. The summed E-state index contributed by atoms with van der Waals surface area (Å²) in [7, 11) is 0. The Morgan fingerprint density at radius 1 is 1.39 bits per heavy atom. The Morgan fingerprint density at radius 2 is 2.11 bits per heavy atom. The summed E-state index contributed by atoms with van der Waals surface area (Å²) in [6, 6.07) is 8.18. The van der Waals surface area contributed by atoms with E-state index in [9.17, 15) is 0 Å². The second kappa shape index (κ2) is 5.41. The highest BCUT2D eigenvalue weighted by Crippen LogP contribution is 2.29. The highest BCUT2D eigenvalue weighted by Gasteiger charge is 2.26. The van der Waals surface area contributed by atoms with Crippen molar-refractivity contribution in [2.75, 3.05) is 25.0 Å². The average molecular weight is 243 g/mol. The van der Waals surface area contributed by atoms with Crippen LogP contribution in [0.15, 0.2) is 18.2 Å². The Bertz CT molecular complexity index is 453. The molecule has 18 heavy (non-hydrogen) atoms. The van der Waals surface area contributed by atoms with Crippen molar-refractivity contribution >= 4 is 5.69 Å². The number of rotatable bonds is 3. The van der Waals surface area contributed by atoms with E-state index in [0.717, 1.165) is 30.9 Å². The smallest absolute Gasteiger partial charge is 0.101 e. The van der Waals surface area contributed by atoms with Gasteiger partial charge in [0.1, 0.15) is 6.07 Å². The van der Waals surface area contributed by atoms with Gasteiger partial charge in [0.25, 0.3) is 0 Å². The molecular weight excluding hydrogens is 222 g/mol. The normalized spacial score (nSPS) is 18.1. The van der Waals surface area contributed by atoms with Gasteiger partial charge in [-0.25, -0.2) is 0 Å². The van der Waals surface area contributed by atoms with Crippen LogP contribution in [-0.4, -0.2) is 19.6 Å². The van der Waals surface area contributed by atoms with Gasteiger partial charge in [0.15, 0.2) is 0 Å². The molecule has 1 aliphatic heterocycles. The summed E-state index contributed by atoms with van der Waals surface area (Å²) < 4.78 is 0. The topological polar surface area (TPSA) is 47.9 Å². The number of nitrogens with one attached hydrogen (secondary N) is 2. The van der Waals surface area contributed by atoms with E-state index < -0.39 is 0 Å². The number of hydrogen-bond acceptors (Lipinski definition) is 3. The number of aryl methyl sites for hydroxylation is 1. The molecule has 1 fully saturated rings. The average Bonchev–Trinajstić information content (AvgIpc) is 2.38. The number of hydrogen-bond donors (Lipinski definition) is 2. The van der Waals surface area contributed by atoms with Gasteiger partial charge in [-0.05, 0) is 56.0 Å². The maximum atomic E-state index is 9.11. The van der Waals surface area contributed by atoms with Crippen LogP contribution in [0.1, 0.15) is 30.9 Å². The molecule has 0 spiro atoms. The van der Waals surface area contributed by atoms with Crippen molar-refractivity contribution in [1.29, 1.82) is 5.26 Å². The monoisotopic (exact) mass is 243 g/mol. The van der Waals surface area contributed by atoms with Crippen LogP contribution >= 0.6 is 0 Å². The van der Waals surface area contributed by atoms with E-state index in [2.05, 4.69) is 36.6 Å². The van der Waals surface area contributed by atoms with E-state index in [1.807, 2.05) is 12.1 Å². The second-order valence-corrected chi connectivity index (χ2v) is 5.58. The van der Waals surface area contributed by atoms with Gasteiger partial charge in [-0.15, -0.1) is 0 Å². The zero-order valence-electron chi connectivity index (χ0n) is 11.2. The van der Waals surface area contributed by atoms with Gasteiger partial charge in [-0.1, -0.05) is 13.0 Å². The Kier molecular flexibility index (Phi) is 3.88. The summed E-state index contributed by atoms with van der Waals surface area (Å²) >= 11 is 0. The Labute approximate surface area is 109 Å². The first-order valence-corrected chi connectivity index (χ1v) is 6.58. The molecule has 0 aliphatic carbocycles. The van der Waals surface area contributed by atoms with Crippen LogP contribution < -0.4 is 10.6 Å². The zero-order chi connectivity index (χ0) is 13.0. The van der Waals surface area contributed by atoms with Crippen LogP contribution in [-0.2, 0) is 0 Å². The third-order valence-corrected chi connectivity index (χ3v) is 3.81. The first-order chi connectivity index (χ1) is 8.63. The molecule has 0 saturated carbocycles. The highest BCUT2D eigenvalue weighted by molar-refractivity contribution is 5.58. The van der Waals surface area contributed by atoms with Crippen LogP contribution in [0.2, 0.25) is 0 Å². The molecule has 1 aliphatic rings. The van der Waals surface area contributed by atoms with E-state index >= 15 is 0 Å². The van der Waals surface area contributed by atoms with Crippen molar-refractivity contribution in [1.82, 2.24) is 5.32 Å².